The molecule has 2 aromatic rings. The Labute approximate surface area is 123 Å². The van der Waals surface area contributed by atoms with Crippen LogP contribution >= 0.6 is 23.2 Å². The van der Waals surface area contributed by atoms with Gasteiger partial charge in [-0.25, -0.2) is 0 Å². The number of non-ortho nitro benzene ring substituents is 1. The Kier molecular flexibility index (Phi) is 4.65. The van der Waals surface area contributed by atoms with Gasteiger partial charge in [-0.15, -0.1) is 0 Å². The van der Waals surface area contributed by atoms with Gasteiger partial charge < -0.3 is 4.74 Å². The van der Waals surface area contributed by atoms with Gasteiger partial charge in [0.2, 0.25) is 10.6 Å². The van der Waals surface area contributed by atoms with Crippen molar-refractivity contribution in [3.63, 3.8) is 0 Å². The molecule has 0 N–H and O–H groups in total. The number of halogens is 2. The molecule has 0 bridgehead atoms. The predicted molar refractivity (Wildman–Crippen MR) is 72.1 cm³/mol. The third-order valence-corrected chi connectivity index (χ3v) is 2.67. The minimum Gasteiger partial charge on any atom is -0.463 e. The quantitative estimate of drug-likeness (QED) is 0.622. The first kappa shape index (κ1) is 14.4. The SMILES string of the molecule is O=[N+]([O-])c1ccc(CCOc2nc(Cl)nc(Cl)n2)cc1. The van der Waals surface area contributed by atoms with Crippen LogP contribution in [0.3, 0.4) is 0 Å². The summed E-state index contributed by atoms with van der Waals surface area (Å²) in [5, 5.41) is 10.4. The maximum Gasteiger partial charge on any atom is 0.322 e. The van der Waals surface area contributed by atoms with E-state index in [1.807, 2.05) is 0 Å². The number of nitrogens with zero attached hydrogens (tertiary/aromatic N) is 4. The maximum atomic E-state index is 10.5. The highest BCUT2D eigenvalue weighted by molar-refractivity contribution is 6.31. The summed E-state index contributed by atoms with van der Waals surface area (Å²) in [5.74, 6) is 0. The second-order valence-corrected chi connectivity index (χ2v) is 4.35. The monoisotopic (exact) mass is 314 g/mol. The van der Waals surface area contributed by atoms with Crippen LogP contribution in [0, 0.1) is 10.1 Å². The Balaban J connectivity index is 1.90. The van der Waals surface area contributed by atoms with Crippen LogP contribution in [-0.4, -0.2) is 26.5 Å². The van der Waals surface area contributed by atoms with Crippen LogP contribution in [0.5, 0.6) is 6.01 Å². The first-order valence-electron chi connectivity index (χ1n) is 5.48. The van der Waals surface area contributed by atoms with Crippen LogP contribution in [0.15, 0.2) is 24.3 Å². The van der Waals surface area contributed by atoms with E-state index in [9.17, 15) is 10.1 Å². The number of ether oxygens (including phenoxy) is 1. The number of benzene rings is 1. The first-order valence-corrected chi connectivity index (χ1v) is 6.23. The van der Waals surface area contributed by atoms with E-state index in [-0.39, 0.29) is 28.9 Å². The molecule has 7 nitrogen and oxygen atoms in total. The fourth-order valence-corrected chi connectivity index (χ4v) is 1.77. The van der Waals surface area contributed by atoms with Crippen LogP contribution in [0.25, 0.3) is 0 Å². The Morgan fingerprint density at radius 3 is 2.25 bits per heavy atom. The Hall–Kier alpha value is -1.99. The Morgan fingerprint density at radius 1 is 1.10 bits per heavy atom. The number of aromatic nitrogens is 3. The Bertz CT molecular complexity index is 601. The van der Waals surface area contributed by atoms with Gasteiger partial charge in [0.05, 0.1) is 11.5 Å². The fourth-order valence-electron chi connectivity index (χ4n) is 1.42. The van der Waals surface area contributed by atoms with E-state index in [1.54, 1.807) is 12.1 Å². The van der Waals surface area contributed by atoms with Gasteiger partial charge in [-0.1, -0.05) is 12.1 Å². The van der Waals surface area contributed by atoms with Gasteiger partial charge >= 0.3 is 6.01 Å². The minimum absolute atomic E-state index is 0.0388. The average Bonchev–Trinajstić information content (AvgIpc) is 2.38. The van der Waals surface area contributed by atoms with Gasteiger partial charge in [-0.2, -0.15) is 15.0 Å². The molecule has 0 atom stereocenters. The first-order chi connectivity index (χ1) is 9.54. The van der Waals surface area contributed by atoms with Gasteiger partial charge in [0.1, 0.15) is 0 Å². The third kappa shape index (κ3) is 4.01. The lowest BCUT2D eigenvalue weighted by atomic mass is 10.1. The van der Waals surface area contributed by atoms with Gasteiger partial charge in [0.15, 0.2) is 0 Å². The predicted octanol–water partition coefficient (Wildman–Crippen LogP) is 2.71. The molecule has 0 aliphatic rings. The van der Waals surface area contributed by atoms with Crippen molar-refractivity contribution < 1.29 is 9.66 Å². The largest absolute Gasteiger partial charge is 0.463 e. The maximum absolute atomic E-state index is 10.5. The summed E-state index contributed by atoms with van der Waals surface area (Å²) in [6.07, 6.45) is 0.541. The molecule has 0 aliphatic heterocycles. The number of nitro groups is 1. The van der Waals surface area contributed by atoms with Gasteiger partial charge in [0, 0.05) is 18.6 Å². The number of rotatable bonds is 5. The van der Waals surface area contributed by atoms with Crippen LogP contribution in [-0.2, 0) is 6.42 Å². The van der Waals surface area contributed by atoms with Crippen molar-refractivity contribution in [2.24, 2.45) is 0 Å². The van der Waals surface area contributed by atoms with Crippen LogP contribution in [0.4, 0.5) is 5.69 Å². The zero-order chi connectivity index (χ0) is 14.5. The van der Waals surface area contributed by atoms with Gasteiger partial charge in [0.25, 0.3) is 5.69 Å². The van der Waals surface area contributed by atoms with Crippen molar-refractivity contribution in [1.82, 2.24) is 15.0 Å². The van der Waals surface area contributed by atoms with E-state index in [1.165, 1.54) is 12.1 Å². The molecule has 0 spiro atoms. The van der Waals surface area contributed by atoms with Crippen molar-refractivity contribution in [2.75, 3.05) is 6.61 Å². The highest BCUT2D eigenvalue weighted by atomic mass is 35.5. The van der Waals surface area contributed by atoms with Crippen LogP contribution in [0.2, 0.25) is 10.6 Å². The van der Waals surface area contributed by atoms with E-state index in [0.717, 1.165) is 5.56 Å². The van der Waals surface area contributed by atoms with Crippen LogP contribution in [0.1, 0.15) is 5.56 Å². The van der Waals surface area contributed by atoms with E-state index < -0.39 is 4.92 Å². The highest BCUT2D eigenvalue weighted by Crippen LogP contribution is 2.14. The summed E-state index contributed by atoms with van der Waals surface area (Å²) in [5.41, 5.74) is 0.938. The molecule has 1 aromatic heterocycles. The van der Waals surface area contributed by atoms with E-state index in [0.29, 0.717) is 6.42 Å². The molecule has 20 heavy (non-hydrogen) atoms. The van der Waals surface area contributed by atoms with Crippen LogP contribution < -0.4 is 4.74 Å². The molecule has 1 aromatic carbocycles. The zero-order valence-electron chi connectivity index (χ0n) is 9.99. The third-order valence-electron chi connectivity index (χ3n) is 2.33. The van der Waals surface area contributed by atoms with Crippen molar-refractivity contribution >= 4 is 28.9 Å². The molecule has 0 radical (unpaired) electrons. The summed E-state index contributed by atoms with van der Waals surface area (Å²) in [6, 6.07) is 6.23. The van der Waals surface area contributed by atoms with E-state index >= 15 is 0 Å². The lowest BCUT2D eigenvalue weighted by Crippen LogP contribution is -2.05. The second kappa shape index (κ2) is 6.44. The average molecular weight is 315 g/mol. The molecule has 1 heterocycles. The summed E-state index contributed by atoms with van der Waals surface area (Å²) in [4.78, 5) is 21.2. The van der Waals surface area contributed by atoms with Gasteiger partial charge in [-0.3, -0.25) is 10.1 Å². The molecule has 0 saturated heterocycles. The van der Waals surface area contributed by atoms with Crippen molar-refractivity contribution in [2.45, 2.75) is 6.42 Å². The lowest BCUT2D eigenvalue weighted by molar-refractivity contribution is -0.384. The zero-order valence-corrected chi connectivity index (χ0v) is 11.5. The van der Waals surface area contributed by atoms with Gasteiger partial charge in [-0.05, 0) is 28.8 Å². The standard InChI is InChI=1S/C11H8Cl2N4O3/c12-9-14-10(13)16-11(15-9)20-6-5-7-1-3-8(4-2-7)17(18)19/h1-4H,5-6H2. The molecule has 0 amide bonds. The summed E-state index contributed by atoms with van der Waals surface area (Å²) < 4.78 is 5.28. The second-order valence-electron chi connectivity index (χ2n) is 3.68. The summed E-state index contributed by atoms with van der Waals surface area (Å²) in [7, 11) is 0. The molecular weight excluding hydrogens is 307 g/mol. The number of nitro benzene ring substituents is 1. The van der Waals surface area contributed by atoms with E-state index in [2.05, 4.69) is 15.0 Å². The van der Waals surface area contributed by atoms with Crippen molar-refractivity contribution in [3.8, 4) is 6.01 Å². The smallest absolute Gasteiger partial charge is 0.322 e. The molecule has 9 heteroatoms. The summed E-state index contributed by atoms with van der Waals surface area (Å²) >= 11 is 11.2. The fraction of sp³-hybridized carbons (Fsp3) is 0.182. The number of hydrogen-bond acceptors (Lipinski definition) is 6. The topological polar surface area (TPSA) is 91.0 Å². The van der Waals surface area contributed by atoms with Crippen molar-refractivity contribution in [1.29, 1.82) is 0 Å². The van der Waals surface area contributed by atoms with E-state index in [4.69, 9.17) is 27.9 Å². The molecule has 0 fully saturated rings. The lowest BCUT2D eigenvalue weighted by Gasteiger charge is -2.04. The highest BCUT2D eigenvalue weighted by Gasteiger charge is 2.06. The molecule has 0 aliphatic carbocycles. The molecule has 2 rings (SSSR count). The minimum atomic E-state index is -0.449. The number of hydrogen-bond donors (Lipinski definition) is 0. The van der Waals surface area contributed by atoms with Crippen molar-refractivity contribution in [3.05, 3.63) is 50.5 Å². The summed E-state index contributed by atoms with van der Waals surface area (Å²) in [6.45, 7) is 0.286. The molecule has 104 valence electrons. The normalized spacial score (nSPS) is 10.3. The molecule has 0 saturated carbocycles. The molecular formula is C11H8Cl2N4O3. The Morgan fingerprint density at radius 2 is 1.70 bits per heavy atom. The molecule has 0 unspecified atom stereocenters.